The van der Waals surface area contributed by atoms with Crippen LogP contribution < -0.4 is 14.5 Å². The van der Waals surface area contributed by atoms with Crippen molar-refractivity contribution in [2.24, 2.45) is 5.10 Å². The molecule has 0 aliphatic heterocycles. The van der Waals surface area contributed by atoms with E-state index in [4.69, 9.17) is 4.74 Å². The summed E-state index contributed by atoms with van der Waals surface area (Å²) >= 11 is 3.35. The Hall–Kier alpha value is -3.95. The highest BCUT2D eigenvalue weighted by molar-refractivity contribution is 9.10. The van der Waals surface area contributed by atoms with Crippen LogP contribution in [0.2, 0.25) is 0 Å². The van der Waals surface area contributed by atoms with Crippen molar-refractivity contribution in [2.75, 3.05) is 10.8 Å². The largest absolute Gasteiger partial charge is 0.489 e. The molecule has 0 radical (unpaired) electrons. The lowest BCUT2D eigenvalue weighted by Crippen LogP contribution is -2.39. The standard InChI is InChI=1S/C28H24BrN3O4S/c29-24-13-15-25(16-14-24)32(37(34,35)27-9-5-2-6-10-27)20-28(33)31-30-19-22-11-17-26(18-12-22)36-21-23-7-3-1-4-8-23/h1-19H,20-21H2,(H,31,33). The van der Waals surface area contributed by atoms with Crippen molar-refractivity contribution in [3.63, 3.8) is 0 Å². The van der Waals surface area contributed by atoms with E-state index in [1.54, 1.807) is 42.5 Å². The Morgan fingerprint density at radius 3 is 2.14 bits per heavy atom. The van der Waals surface area contributed by atoms with Crippen molar-refractivity contribution in [3.8, 4) is 5.75 Å². The molecule has 0 bridgehead atoms. The minimum Gasteiger partial charge on any atom is -0.489 e. The van der Waals surface area contributed by atoms with Gasteiger partial charge in [-0.05, 0) is 71.8 Å². The lowest BCUT2D eigenvalue weighted by Gasteiger charge is -2.23. The molecule has 0 unspecified atom stereocenters. The molecule has 37 heavy (non-hydrogen) atoms. The summed E-state index contributed by atoms with van der Waals surface area (Å²) in [5.41, 5.74) is 4.59. The molecule has 1 N–H and O–H groups in total. The van der Waals surface area contributed by atoms with Gasteiger partial charge in [0.1, 0.15) is 18.9 Å². The third kappa shape index (κ3) is 7.28. The number of amides is 1. The number of nitrogens with one attached hydrogen (secondary N) is 1. The van der Waals surface area contributed by atoms with Gasteiger partial charge in [0.2, 0.25) is 0 Å². The quantitative estimate of drug-likeness (QED) is 0.202. The number of rotatable bonds is 10. The molecule has 4 aromatic carbocycles. The number of hydrazone groups is 1. The molecule has 9 heteroatoms. The maximum absolute atomic E-state index is 13.3. The van der Waals surface area contributed by atoms with E-state index >= 15 is 0 Å². The van der Waals surface area contributed by atoms with Gasteiger partial charge < -0.3 is 4.74 Å². The lowest BCUT2D eigenvalue weighted by molar-refractivity contribution is -0.119. The second-order valence-electron chi connectivity index (χ2n) is 7.94. The van der Waals surface area contributed by atoms with E-state index in [1.165, 1.54) is 18.3 Å². The fraction of sp³-hybridized carbons (Fsp3) is 0.0714. The molecule has 188 valence electrons. The Balaban J connectivity index is 1.39. The summed E-state index contributed by atoms with van der Waals surface area (Å²) in [4.78, 5) is 12.8. The van der Waals surface area contributed by atoms with Crippen LogP contribution in [0.25, 0.3) is 0 Å². The fourth-order valence-corrected chi connectivity index (χ4v) is 5.08. The number of hydrogen-bond acceptors (Lipinski definition) is 5. The average Bonchev–Trinajstić information content (AvgIpc) is 2.93. The second-order valence-corrected chi connectivity index (χ2v) is 10.7. The molecule has 0 spiro atoms. The highest BCUT2D eigenvalue weighted by atomic mass is 79.9. The zero-order valence-electron chi connectivity index (χ0n) is 19.7. The van der Waals surface area contributed by atoms with Crippen molar-refractivity contribution in [1.29, 1.82) is 0 Å². The van der Waals surface area contributed by atoms with Gasteiger partial charge in [-0.15, -0.1) is 0 Å². The maximum atomic E-state index is 13.3. The lowest BCUT2D eigenvalue weighted by atomic mass is 10.2. The van der Waals surface area contributed by atoms with E-state index in [9.17, 15) is 13.2 Å². The molecule has 0 aliphatic rings. The third-order valence-corrected chi connectivity index (χ3v) is 7.58. The van der Waals surface area contributed by atoms with Crippen LogP contribution in [0.3, 0.4) is 0 Å². The Morgan fingerprint density at radius 2 is 1.49 bits per heavy atom. The predicted octanol–water partition coefficient (Wildman–Crippen LogP) is 5.37. The van der Waals surface area contributed by atoms with Gasteiger partial charge in [0.15, 0.2) is 0 Å². The number of anilines is 1. The van der Waals surface area contributed by atoms with Crippen LogP contribution in [0, 0.1) is 0 Å². The Bertz CT molecular complexity index is 1450. The van der Waals surface area contributed by atoms with Crippen molar-refractivity contribution in [3.05, 3.63) is 125 Å². The van der Waals surface area contributed by atoms with Gasteiger partial charge in [0, 0.05) is 4.47 Å². The number of benzene rings is 4. The van der Waals surface area contributed by atoms with E-state index in [1.807, 2.05) is 54.6 Å². The number of carbonyl (C=O) groups is 1. The smallest absolute Gasteiger partial charge is 0.264 e. The Kier molecular flexibility index (Phi) is 8.71. The van der Waals surface area contributed by atoms with Gasteiger partial charge in [0.25, 0.3) is 15.9 Å². The SMILES string of the molecule is O=C(CN(c1ccc(Br)cc1)S(=O)(=O)c1ccccc1)NN=Cc1ccc(OCc2ccccc2)cc1. The molecule has 0 saturated heterocycles. The number of sulfonamides is 1. The molecular formula is C28H24BrN3O4S. The Labute approximate surface area is 224 Å². The first-order chi connectivity index (χ1) is 17.9. The van der Waals surface area contributed by atoms with Crippen LogP contribution in [-0.4, -0.2) is 27.1 Å². The van der Waals surface area contributed by atoms with Crippen LogP contribution in [0.5, 0.6) is 5.75 Å². The summed E-state index contributed by atoms with van der Waals surface area (Å²) in [6.45, 7) is 0.0214. The molecule has 4 aromatic rings. The number of carbonyl (C=O) groups excluding carboxylic acids is 1. The van der Waals surface area contributed by atoms with Crippen LogP contribution in [0.1, 0.15) is 11.1 Å². The number of ether oxygens (including phenoxy) is 1. The highest BCUT2D eigenvalue weighted by Crippen LogP contribution is 2.25. The predicted molar refractivity (Wildman–Crippen MR) is 148 cm³/mol. The summed E-state index contributed by atoms with van der Waals surface area (Å²) in [5, 5.41) is 3.99. The van der Waals surface area contributed by atoms with Crippen molar-refractivity contribution in [1.82, 2.24) is 5.43 Å². The average molecular weight is 578 g/mol. The summed E-state index contributed by atoms with van der Waals surface area (Å²) in [5.74, 6) is 0.128. The van der Waals surface area contributed by atoms with Crippen LogP contribution in [0.15, 0.2) is 124 Å². The molecular weight excluding hydrogens is 554 g/mol. The minimum atomic E-state index is -3.98. The molecule has 0 aliphatic carbocycles. The van der Waals surface area contributed by atoms with Crippen molar-refractivity contribution in [2.45, 2.75) is 11.5 Å². The first-order valence-electron chi connectivity index (χ1n) is 11.3. The maximum Gasteiger partial charge on any atom is 0.264 e. The molecule has 1 amide bonds. The van der Waals surface area contributed by atoms with Gasteiger partial charge in [0.05, 0.1) is 16.8 Å². The van der Waals surface area contributed by atoms with Crippen molar-refractivity contribution < 1.29 is 17.9 Å². The van der Waals surface area contributed by atoms with Gasteiger partial charge in [-0.25, -0.2) is 13.8 Å². The van der Waals surface area contributed by atoms with Gasteiger partial charge >= 0.3 is 0 Å². The van der Waals surface area contributed by atoms with E-state index < -0.39 is 22.5 Å². The van der Waals surface area contributed by atoms with Crippen LogP contribution >= 0.6 is 15.9 Å². The molecule has 7 nitrogen and oxygen atoms in total. The topological polar surface area (TPSA) is 88.1 Å². The summed E-state index contributed by atoms with van der Waals surface area (Å²) in [6, 6.07) is 31.8. The Morgan fingerprint density at radius 1 is 0.865 bits per heavy atom. The zero-order chi connectivity index (χ0) is 26.1. The van der Waals surface area contributed by atoms with Crippen LogP contribution in [0.4, 0.5) is 5.69 Å². The van der Waals surface area contributed by atoms with Crippen LogP contribution in [-0.2, 0) is 21.4 Å². The number of halogens is 1. The highest BCUT2D eigenvalue weighted by Gasteiger charge is 2.27. The molecule has 0 heterocycles. The molecule has 0 saturated carbocycles. The molecule has 0 aromatic heterocycles. The first-order valence-corrected chi connectivity index (χ1v) is 13.6. The van der Waals surface area contributed by atoms with Gasteiger partial charge in [-0.3, -0.25) is 9.10 Å². The second kappa shape index (κ2) is 12.3. The summed E-state index contributed by atoms with van der Waals surface area (Å²) in [7, 11) is -3.98. The monoisotopic (exact) mass is 577 g/mol. The van der Waals surface area contributed by atoms with E-state index in [-0.39, 0.29) is 4.90 Å². The normalized spacial score (nSPS) is 11.3. The number of nitrogens with zero attached hydrogens (tertiary/aromatic N) is 2. The van der Waals surface area contributed by atoms with Gasteiger partial charge in [-0.2, -0.15) is 5.10 Å². The summed E-state index contributed by atoms with van der Waals surface area (Å²) in [6.07, 6.45) is 1.48. The molecule has 0 fully saturated rings. The molecule has 4 rings (SSSR count). The van der Waals surface area contributed by atoms with E-state index in [0.29, 0.717) is 18.0 Å². The third-order valence-electron chi connectivity index (χ3n) is 5.26. The zero-order valence-corrected chi connectivity index (χ0v) is 22.1. The van der Waals surface area contributed by atoms with Gasteiger partial charge in [-0.1, -0.05) is 64.5 Å². The first kappa shape index (κ1) is 26.1. The van der Waals surface area contributed by atoms with Crippen molar-refractivity contribution >= 4 is 43.8 Å². The summed E-state index contributed by atoms with van der Waals surface area (Å²) < 4.78 is 34.2. The fourth-order valence-electron chi connectivity index (χ4n) is 3.38. The molecule has 0 atom stereocenters. The number of hydrogen-bond donors (Lipinski definition) is 1. The van der Waals surface area contributed by atoms with E-state index in [0.717, 1.165) is 19.9 Å². The minimum absolute atomic E-state index is 0.0868. The van der Waals surface area contributed by atoms with E-state index in [2.05, 4.69) is 26.5 Å².